The van der Waals surface area contributed by atoms with Crippen LogP contribution in [-0.4, -0.2) is 17.2 Å². The van der Waals surface area contributed by atoms with Crippen LogP contribution in [0.25, 0.3) is 27.8 Å². The van der Waals surface area contributed by atoms with Crippen molar-refractivity contribution in [2.75, 3.05) is 12.3 Å². The number of aryl methyl sites for hydroxylation is 1. The minimum absolute atomic E-state index is 0.405. The fraction of sp³-hybridized carbons (Fsp3) is 0.261. The Balaban J connectivity index is 1.92. The van der Waals surface area contributed by atoms with Gasteiger partial charge < -0.3 is 15.2 Å². The van der Waals surface area contributed by atoms with Gasteiger partial charge in [0.15, 0.2) is 5.13 Å². The van der Waals surface area contributed by atoms with Crippen molar-refractivity contribution in [2.24, 2.45) is 0 Å². The van der Waals surface area contributed by atoms with Crippen LogP contribution >= 0.6 is 11.3 Å². The minimum atomic E-state index is -0.405. The maximum absolute atomic E-state index is 6.37. The number of rotatable bonds is 4. The average molecular weight is 393 g/mol. The zero-order valence-electron chi connectivity index (χ0n) is 16.6. The van der Waals surface area contributed by atoms with E-state index in [9.17, 15) is 0 Å². The summed E-state index contributed by atoms with van der Waals surface area (Å²) in [4.78, 5) is 5.70. The number of nitrogens with zero attached hydrogens (tertiary/aromatic N) is 1. The summed E-state index contributed by atoms with van der Waals surface area (Å²) in [5.74, 6) is 1.60. The van der Waals surface area contributed by atoms with Crippen LogP contribution < -0.4 is 15.2 Å². The summed E-state index contributed by atoms with van der Waals surface area (Å²) < 4.78 is 12.2. The van der Waals surface area contributed by atoms with Crippen LogP contribution in [0.1, 0.15) is 31.9 Å². The monoisotopic (exact) mass is 392 g/mol. The van der Waals surface area contributed by atoms with Gasteiger partial charge in [-0.25, -0.2) is 4.98 Å². The molecule has 3 aromatic rings. The van der Waals surface area contributed by atoms with E-state index in [2.05, 4.69) is 48.3 Å². The molecule has 0 amide bonds. The zero-order chi connectivity index (χ0) is 19.9. The molecule has 0 spiro atoms. The molecule has 2 N–H and O–H groups in total. The fourth-order valence-corrected chi connectivity index (χ4v) is 4.17. The number of thiazole rings is 1. The van der Waals surface area contributed by atoms with E-state index in [1.165, 1.54) is 16.9 Å². The van der Waals surface area contributed by atoms with Gasteiger partial charge in [-0.3, -0.25) is 0 Å². The van der Waals surface area contributed by atoms with Gasteiger partial charge in [0, 0.05) is 5.56 Å². The lowest BCUT2D eigenvalue weighted by Gasteiger charge is -2.30. The summed E-state index contributed by atoms with van der Waals surface area (Å²) in [6.45, 7) is 8.74. The molecule has 2 heterocycles. The summed E-state index contributed by atoms with van der Waals surface area (Å²) in [6.07, 6.45) is 4.13. The number of aromatic nitrogens is 1. The number of nitrogens with two attached hydrogens (primary N) is 1. The molecule has 0 radical (unpaired) electrons. The van der Waals surface area contributed by atoms with Crippen molar-refractivity contribution in [1.29, 1.82) is 0 Å². The number of hydrogen-bond donors (Lipinski definition) is 1. The molecule has 4 nitrogen and oxygen atoms in total. The van der Waals surface area contributed by atoms with Crippen molar-refractivity contribution in [2.45, 2.75) is 33.3 Å². The molecule has 0 aliphatic carbocycles. The Kier molecular flexibility index (Phi) is 4.63. The Labute approximate surface area is 169 Å². The van der Waals surface area contributed by atoms with Crippen LogP contribution in [0.2, 0.25) is 0 Å². The van der Waals surface area contributed by atoms with Crippen molar-refractivity contribution in [3.05, 3.63) is 53.6 Å². The van der Waals surface area contributed by atoms with E-state index >= 15 is 0 Å². The maximum atomic E-state index is 6.37. The summed E-state index contributed by atoms with van der Waals surface area (Å²) in [5, 5.41) is 0.541. The van der Waals surface area contributed by atoms with Gasteiger partial charge in [-0.1, -0.05) is 41.2 Å². The molecule has 0 fully saturated rings. The predicted molar refractivity (Wildman–Crippen MR) is 117 cm³/mol. The van der Waals surface area contributed by atoms with Crippen molar-refractivity contribution >= 4 is 22.5 Å². The molecule has 1 aliphatic rings. The topological polar surface area (TPSA) is 57.4 Å². The van der Waals surface area contributed by atoms with E-state index in [-0.39, 0.29) is 0 Å². The smallest absolute Gasteiger partial charge is 0.181 e. The maximum Gasteiger partial charge on any atom is 0.181 e. The van der Waals surface area contributed by atoms with Crippen molar-refractivity contribution in [3.8, 4) is 33.2 Å². The average Bonchev–Trinajstić information content (AvgIpc) is 3.03. The molecule has 0 saturated heterocycles. The quantitative estimate of drug-likeness (QED) is 0.596. The number of nitrogen functional groups attached to an aromatic ring is 1. The van der Waals surface area contributed by atoms with Crippen molar-refractivity contribution in [1.82, 2.24) is 4.98 Å². The standard InChI is InChI=1S/C23H24N2O2S/c1-5-26-18-11-10-17(20-16(18)12-13-23(3,4)27-20)19-21(28-22(24)25-19)15-8-6-14(2)7-9-15/h6-13H,5H2,1-4H3,(H2,24,25). The van der Waals surface area contributed by atoms with E-state index in [0.29, 0.717) is 11.7 Å². The first-order chi connectivity index (χ1) is 13.4. The van der Waals surface area contributed by atoms with E-state index in [4.69, 9.17) is 15.2 Å². The second-order valence-electron chi connectivity index (χ2n) is 7.42. The van der Waals surface area contributed by atoms with Crippen LogP contribution in [-0.2, 0) is 0 Å². The highest BCUT2D eigenvalue weighted by Crippen LogP contribution is 2.47. The summed E-state index contributed by atoms with van der Waals surface area (Å²) >= 11 is 1.50. The molecule has 1 aromatic heterocycles. The van der Waals surface area contributed by atoms with E-state index < -0.39 is 5.60 Å². The molecule has 5 heteroatoms. The highest BCUT2D eigenvalue weighted by molar-refractivity contribution is 7.19. The molecule has 4 rings (SSSR count). The molecule has 28 heavy (non-hydrogen) atoms. The number of hydrogen-bond acceptors (Lipinski definition) is 5. The van der Waals surface area contributed by atoms with Crippen LogP contribution in [0.5, 0.6) is 11.5 Å². The highest BCUT2D eigenvalue weighted by Gasteiger charge is 2.28. The molecule has 0 unspecified atom stereocenters. The number of anilines is 1. The lowest BCUT2D eigenvalue weighted by molar-refractivity contribution is 0.159. The summed E-state index contributed by atoms with van der Waals surface area (Å²) in [6, 6.07) is 12.4. The predicted octanol–water partition coefficient (Wildman–Crippen LogP) is 5.95. The fourth-order valence-electron chi connectivity index (χ4n) is 3.32. The van der Waals surface area contributed by atoms with Gasteiger partial charge in [0.25, 0.3) is 0 Å². The van der Waals surface area contributed by atoms with Gasteiger partial charge in [0.05, 0.1) is 22.7 Å². The van der Waals surface area contributed by atoms with E-state index in [1.54, 1.807) is 0 Å². The first-order valence-corrected chi connectivity index (χ1v) is 10.2. The lowest BCUT2D eigenvalue weighted by Crippen LogP contribution is -2.28. The third kappa shape index (κ3) is 3.38. The SMILES string of the molecule is CCOc1ccc(-c2nc(N)sc2-c2ccc(C)cc2)c2c1C=CC(C)(C)O2. The molecule has 0 saturated carbocycles. The Bertz CT molecular complexity index is 1050. The van der Waals surface area contributed by atoms with Gasteiger partial charge in [0.1, 0.15) is 17.1 Å². The first kappa shape index (κ1) is 18.6. The molecule has 144 valence electrons. The summed E-state index contributed by atoms with van der Waals surface area (Å²) in [7, 11) is 0. The van der Waals surface area contributed by atoms with Crippen LogP contribution in [0, 0.1) is 6.92 Å². The van der Waals surface area contributed by atoms with E-state index in [1.807, 2.05) is 32.9 Å². The molecule has 0 bridgehead atoms. The second-order valence-corrected chi connectivity index (χ2v) is 8.45. The lowest BCUT2D eigenvalue weighted by atomic mass is 9.96. The Morgan fingerprint density at radius 3 is 2.61 bits per heavy atom. The second kappa shape index (κ2) is 6.99. The third-order valence-electron chi connectivity index (χ3n) is 4.68. The third-order valence-corrected chi connectivity index (χ3v) is 5.62. The Hall–Kier alpha value is -2.79. The van der Waals surface area contributed by atoms with Gasteiger partial charge in [-0.2, -0.15) is 0 Å². The van der Waals surface area contributed by atoms with Crippen LogP contribution in [0.3, 0.4) is 0 Å². The molecular weight excluding hydrogens is 368 g/mol. The van der Waals surface area contributed by atoms with E-state index in [0.717, 1.165) is 38.8 Å². The van der Waals surface area contributed by atoms with Crippen molar-refractivity contribution < 1.29 is 9.47 Å². The van der Waals surface area contributed by atoms with Crippen LogP contribution in [0.4, 0.5) is 5.13 Å². The molecule has 1 aliphatic heterocycles. The molecular formula is C23H24N2O2S. The number of ether oxygens (including phenoxy) is 2. The summed E-state index contributed by atoms with van der Waals surface area (Å²) in [5.41, 5.74) is 10.8. The Morgan fingerprint density at radius 2 is 1.89 bits per heavy atom. The Morgan fingerprint density at radius 1 is 1.14 bits per heavy atom. The van der Waals surface area contributed by atoms with Crippen LogP contribution in [0.15, 0.2) is 42.5 Å². The largest absolute Gasteiger partial charge is 0.493 e. The minimum Gasteiger partial charge on any atom is -0.493 e. The number of fused-ring (bicyclic) bond motifs is 1. The molecule has 2 aromatic carbocycles. The highest BCUT2D eigenvalue weighted by atomic mass is 32.1. The van der Waals surface area contributed by atoms with Crippen molar-refractivity contribution in [3.63, 3.8) is 0 Å². The number of benzene rings is 2. The van der Waals surface area contributed by atoms with Gasteiger partial charge in [-0.15, -0.1) is 0 Å². The van der Waals surface area contributed by atoms with Gasteiger partial charge in [0.2, 0.25) is 0 Å². The zero-order valence-corrected chi connectivity index (χ0v) is 17.4. The first-order valence-electron chi connectivity index (χ1n) is 9.40. The van der Waals surface area contributed by atoms with Gasteiger partial charge >= 0.3 is 0 Å². The normalized spacial score (nSPS) is 14.4. The van der Waals surface area contributed by atoms with Gasteiger partial charge in [-0.05, 0) is 57.5 Å². The molecule has 0 atom stereocenters.